The highest BCUT2D eigenvalue weighted by Gasteiger charge is 2.51. The van der Waals surface area contributed by atoms with E-state index in [2.05, 4.69) is 5.32 Å². The van der Waals surface area contributed by atoms with E-state index in [0.717, 1.165) is 6.42 Å². The normalized spacial score (nSPS) is 33.1. The van der Waals surface area contributed by atoms with Crippen molar-refractivity contribution in [2.24, 2.45) is 29.4 Å². The summed E-state index contributed by atoms with van der Waals surface area (Å²) in [5.41, 5.74) is 5.06. The van der Waals surface area contributed by atoms with Crippen molar-refractivity contribution in [3.8, 4) is 0 Å². The van der Waals surface area contributed by atoms with Crippen LogP contribution in [0, 0.1) is 23.7 Å². The van der Waals surface area contributed by atoms with E-state index in [1.807, 2.05) is 12.2 Å². The van der Waals surface area contributed by atoms with Crippen molar-refractivity contribution < 1.29 is 19.5 Å². The Balaban J connectivity index is 2.04. The van der Waals surface area contributed by atoms with Crippen LogP contribution in [0.4, 0.5) is 0 Å². The van der Waals surface area contributed by atoms with Crippen molar-refractivity contribution in [3.05, 3.63) is 12.2 Å². The second kappa shape index (κ2) is 5.03. The SMILES string of the molecule is CC(CC(N)=O)NC(=O)C1C2C=CC(C2)C1C(=O)O. The fourth-order valence-electron chi connectivity index (χ4n) is 3.21. The fraction of sp³-hybridized carbons (Fsp3) is 0.615. The van der Waals surface area contributed by atoms with Gasteiger partial charge in [-0.3, -0.25) is 14.4 Å². The van der Waals surface area contributed by atoms with Crippen molar-refractivity contribution >= 4 is 17.8 Å². The maximum Gasteiger partial charge on any atom is 0.307 e. The zero-order valence-electron chi connectivity index (χ0n) is 10.7. The number of hydrogen-bond donors (Lipinski definition) is 3. The summed E-state index contributed by atoms with van der Waals surface area (Å²) >= 11 is 0. The average molecular weight is 266 g/mol. The number of amides is 2. The Morgan fingerprint density at radius 2 is 1.89 bits per heavy atom. The van der Waals surface area contributed by atoms with Crippen LogP contribution in [0.1, 0.15) is 19.8 Å². The third kappa shape index (κ3) is 2.62. The van der Waals surface area contributed by atoms with Gasteiger partial charge in [0, 0.05) is 12.5 Å². The molecule has 1 fully saturated rings. The summed E-state index contributed by atoms with van der Waals surface area (Å²) in [7, 11) is 0. The van der Waals surface area contributed by atoms with Crippen molar-refractivity contribution in [2.75, 3.05) is 0 Å². The van der Waals surface area contributed by atoms with E-state index in [4.69, 9.17) is 5.73 Å². The van der Waals surface area contributed by atoms with E-state index in [1.54, 1.807) is 6.92 Å². The zero-order chi connectivity index (χ0) is 14.2. The van der Waals surface area contributed by atoms with Crippen LogP contribution in [-0.2, 0) is 14.4 Å². The lowest BCUT2D eigenvalue weighted by Crippen LogP contribution is -2.44. The number of primary amides is 1. The molecule has 2 aliphatic carbocycles. The van der Waals surface area contributed by atoms with Crippen LogP contribution >= 0.6 is 0 Å². The molecule has 5 atom stereocenters. The van der Waals surface area contributed by atoms with Gasteiger partial charge in [-0.2, -0.15) is 0 Å². The molecule has 2 amide bonds. The van der Waals surface area contributed by atoms with Crippen molar-refractivity contribution in [3.63, 3.8) is 0 Å². The lowest BCUT2D eigenvalue weighted by atomic mass is 9.82. The molecule has 0 spiro atoms. The van der Waals surface area contributed by atoms with Gasteiger partial charge in [0.05, 0.1) is 11.8 Å². The third-order valence-electron chi connectivity index (χ3n) is 3.94. The number of carbonyl (C=O) groups is 3. The molecule has 4 N–H and O–H groups in total. The largest absolute Gasteiger partial charge is 0.481 e. The first-order valence-corrected chi connectivity index (χ1v) is 6.40. The van der Waals surface area contributed by atoms with Gasteiger partial charge in [0.2, 0.25) is 11.8 Å². The van der Waals surface area contributed by atoms with Gasteiger partial charge in [0.25, 0.3) is 0 Å². The van der Waals surface area contributed by atoms with Gasteiger partial charge in [-0.05, 0) is 25.2 Å². The standard InChI is InChI=1S/C13H18N2O4/c1-6(4-9(14)16)15-12(17)10-7-2-3-8(5-7)11(10)13(18)19/h2-3,6-8,10-11H,4-5H2,1H3,(H2,14,16)(H,15,17)(H,18,19). The molecule has 104 valence electrons. The molecule has 0 aliphatic heterocycles. The maximum atomic E-state index is 12.2. The first kappa shape index (κ1) is 13.6. The second-order valence-electron chi connectivity index (χ2n) is 5.42. The summed E-state index contributed by atoms with van der Waals surface area (Å²) in [6, 6.07) is -0.373. The summed E-state index contributed by atoms with van der Waals surface area (Å²) in [6.45, 7) is 1.68. The number of nitrogens with one attached hydrogen (secondary N) is 1. The minimum absolute atomic E-state index is 0.00752. The highest BCUT2D eigenvalue weighted by atomic mass is 16.4. The van der Waals surface area contributed by atoms with E-state index >= 15 is 0 Å². The van der Waals surface area contributed by atoms with Crippen LogP contribution in [0.25, 0.3) is 0 Å². The number of allylic oxidation sites excluding steroid dienone is 2. The molecule has 0 aromatic heterocycles. The monoisotopic (exact) mass is 266 g/mol. The first-order valence-electron chi connectivity index (χ1n) is 6.40. The molecule has 2 aliphatic rings. The van der Waals surface area contributed by atoms with Gasteiger partial charge in [-0.25, -0.2) is 0 Å². The molecule has 0 heterocycles. The number of carboxylic acid groups (broad SMARTS) is 1. The quantitative estimate of drug-likeness (QED) is 0.603. The average Bonchev–Trinajstić information content (AvgIpc) is 2.86. The molecule has 0 radical (unpaired) electrons. The minimum atomic E-state index is -0.931. The van der Waals surface area contributed by atoms with Crippen molar-refractivity contribution in [1.82, 2.24) is 5.32 Å². The van der Waals surface area contributed by atoms with Gasteiger partial charge >= 0.3 is 5.97 Å². The maximum absolute atomic E-state index is 12.2. The Hall–Kier alpha value is -1.85. The smallest absolute Gasteiger partial charge is 0.307 e. The van der Waals surface area contributed by atoms with Crippen molar-refractivity contribution in [1.29, 1.82) is 0 Å². The number of fused-ring (bicyclic) bond motifs is 2. The highest BCUT2D eigenvalue weighted by Crippen LogP contribution is 2.48. The van der Waals surface area contributed by atoms with Crippen LogP contribution in [0.2, 0.25) is 0 Å². The van der Waals surface area contributed by atoms with E-state index < -0.39 is 23.7 Å². The predicted octanol–water partition coefficient (Wildman–Crippen LogP) is -0.111. The summed E-state index contributed by atoms with van der Waals surface area (Å²) < 4.78 is 0. The molecule has 2 bridgehead atoms. The van der Waals surface area contributed by atoms with Gasteiger partial charge in [-0.1, -0.05) is 12.2 Å². The molecule has 0 saturated heterocycles. The molecule has 0 aromatic rings. The lowest BCUT2D eigenvalue weighted by molar-refractivity contribution is -0.148. The molecule has 2 rings (SSSR count). The van der Waals surface area contributed by atoms with E-state index in [9.17, 15) is 19.5 Å². The van der Waals surface area contributed by atoms with Crippen LogP contribution in [0.5, 0.6) is 0 Å². The van der Waals surface area contributed by atoms with E-state index in [-0.39, 0.29) is 30.2 Å². The Bertz CT molecular complexity index is 446. The number of carbonyl (C=O) groups excluding carboxylic acids is 2. The fourth-order valence-corrected chi connectivity index (χ4v) is 3.21. The Labute approximate surface area is 111 Å². The molecular formula is C13H18N2O4. The zero-order valence-corrected chi connectivity index (χ0v) is 10.7. The van der Waals surface area contributed by atoms with Crippen molar-refractivity contribution in [2.45, 2.75) is 25.8 Å². The molecule has 0 aromatic carbocycles. The Morgan fingerprint density at radius 1 is 1.32 bits per heavy atom. The summed E-state index contributed by atoms with van der Waals surface area (Å²) in [5.74, 6) is -2.97. The van der Waals surface area contributed by atoms with Crippen LogP contribution in [0.15, 0.2) is 12.2 Å². The molecule has 5 unspecified atom stereocenters. The summed E-state index contributed by atoms with van der Waals surface area (Å²) in [4.78, 5) is 34.2. The Kier molecular flexibility index (Phi) is 3.59. The predicted molar refractivity (Wildman–Crippen MR) is 66.8 cm³/mol. The van der Waals surface area contributed by atoms with Gasteiger partial charge in [0.1, 0.15) is 0 Å². The third-order valence-corrected chi connectivity index (χ3v) is 3.94. The molecule has 19 heavy (non-hydrogen) atoms. The number of carboxylic acids is 1. The molecular weight excluding hydrogens is 248 g/mol. The van der Waals surface area contributed by atoms with E-state index in [1.165, 1.54) is 0 Å². The molecule has 1 saturated carbocycles. The number of nitrogens with two attached hydrogens (primary N) is 1. The summed E-state index contributed by atoms with van der Waals surface area (Å²) in [6.07, 6.45) is 4.59. The lowest BCUT2D eigenvalue weighted by Gasteiger charge is -2.25. The summed E-state index contributed by atoms with van der Waals surface area (Å²) in [5, 5.41) is 11.9. The topological polar surface area (TPSA) is 109 Å². The van der Waals surface area contributed by atoms with Gasteiger partial charge in [0.15, 0.2) is 0 Å². The molecule has 6 heteroatoms. The number of hydrogen-bond acceptors (Lipinski definition) is 3. The minimum Gasteiger partial charge on any atom is -0.481 e. The van der Waals surface area contributed by atoms with E-state index in [0.29, 0.717) is 0 Å². The van der Waals surface area contributed by atoms with Gasteiger partial charge < -0.3 is 16.2 Å². The first-order chi connectivity index (χ1) is 8.90. The molecule has 6 nitrogen and oxygen atoms in total. The van der Waals surface area contributed by atoms with Crippen LogP contribution in [-0.4, -0.2) is 28.9 Å². The van der Waals surface area contributed by atoms with Crippen LogP contribution < -0.4 is 11.1 Å². The number of aliphatic carboxylic acids is 1. The van der Waals surface area contributed by atoms with Gasteiger partial charge in [-0.15, -0.1) is 0 Å². The highest BCUT2D eigenvalue weighted by molar-refractivity contribution is 5.87. The van der Waals surface area contributed by atoms with Crippen LogP contribution in [0.3, 0.4) is 0 Å². The Morgan fingerprint density at radius 3 is 2.42 bits per heavy atom. The number of rotatable bonds is 5. The second-order valence-corrected chi connectivity index (χ2v) is 5.42.